The van der Waals surface area contributed by atoms with E-state index in [1.807, 2.05) is 24.3 Å². The van der Waals surface area contributed by atoms with Crippen LogP contribution < -0.4 is 10.1 Å². The number of rotatable bonds is 6. The summed E-state index contributed by atoms with van der Waals surface area (Å²) in [5.41, 5.74) is 0.688. The minimum Gasteiger partial charge on any atom is -0.497 e. The molecule has 0 unspecified atom stereocenters. The molecule has 1 aliphatic rings. The van der Waals surface area contributed by atoms with Crippen LogP contribution in [0.5, 0.6) is 5.75 Å². The average molecular weight is 356 g/mol. The lowest BCUT2D eigenvalue weighted by atomic mass is 10.1. The summed E-state index contributed by atoms with van der Waals surface area (Å²) >= 11 is 0. The monoisotopic (exact) mass is 356 g/mol. The first kappa shape index (κ1) is 17.6. The normalized spacial score (nSPS) is 12.9. The molecule has 0 fully saturated rings. The third-order valence-corrected chi connectivity index (χ3v) is 4.12. The van der Waals surface area contributed by atoms with Gasteiger partial charge in [-0.1, -0.05) is 18.2 Å². The smallest absolute Gasteiger partial charge is 0.265 e. The standard InChI is InChI=1S/C19H17FN2O4/c1-26-13-5-2-4-12(10-13)8-9-21-16(23)11-22-18(24)14-6-3-7-15(20)17(14)19(22)25/h2-7,10H,8-9,11H2,1H3,(H,21,23). The van der Waals surface area contributed by atoms with Crippen LogP contribution in [0.15, 0.2) is 42.5 Å². The predicted molar refractivity (Wildman–Crippen MR) is 91.5 cm³/mol. The van der Waals surface area contributed by atoms with Crippen LogP contribution in [0.4, 0.5) is 4.39 Å². The summed E-state index contributed by atoms with van der Waals surface area (Å²) in [7, 11) is 1.58. The summed E-state index contributed by atoms with van der Waals surface area (Å²) in [6.45, 7) is -0.104. The third-order valence-electron chi connectivity index (χ3n) is 4.12. The van der Waals surface area contributed by atoms with Gasteiger partial charge >= 0.3 is 0 Å². The zero-order valence-electron chi connectivity index (χ0n) is 14.1. The lowest BCUT2D eigenvalue weighted by Crippen LogP contribution is -2.40. The second-order valence-electron chi connectivity index (χ2n) is 5.81. The largest absolute Gasteiger partial charge is 0.497 e. The highest BCUT2D eigenvalue weighted by Gasteiger charge is 2.38. The van der Waals surface area contributed by atoms with E-state index in [2.05, 4.69) is 5.32 Å². The minimum absolute atomic E-state index is 0.0146. The van der Waals surface area contributed by atoms with Crippen LogP contribution in [-0.2, 0) is 11.2 Å². The molecule has 1 aliphatic heterocycles. The molecule has 0 bridgehead atoms. The van der Waals surface area contributed by atoms with Crippen LogP contribution in [0.25, 0.3) is 0 Å². The number of halogens is 1. The van der Waals surface area contributed by atoms with Crippen molar-refractivity contribution in [3.05, 3.63) is 65.0 Å². The van der Waals surface area contributed by atoms with Gasteiger partial charge in [-0.2, -0.15) is 0 Å². The molecule has 3 rings (SSSR count). The molecule has 0 atom stereocenters. The number of hydrogen-bond donors (Lipinski definition) is 1. The number of carbonyl (C=O) groups is 3. The van der Waals surface area contributed by atoms with Gasteiger partial charge in [-0.25, -0.2) is 4.39 Å². The second kappa shape index (κ2) is 7.35. The first-order valence-corrected chi connectivity index (χ1v) is 8.05. The van der Waals surface area contributed by atoms with Crippen LogP contribution in [0.1, 0.15) is 26.3 Å². The van der Waals surface area contributed by atoms with Crippen molar-refractivity contribution in [3.8, 4) is 5.75 Å². The number of amides is 3. The van der Waals surface area contributed by atoms with Gasteiger partial charge < -0.3 is 10.1 Å². The topological polar surface area (TPSA) is 75.7 Å². The third kappa shape index (κ3) is 3.42. The van der Waals surface area contributed by atoms with Crippen molar-refractivity contribution >= 4 is 17.7 Å². The van der Waals surface area contributed by atoms with E-state index in [-0.39, 0.29) is 11.1 Å². The summed E-state index contributed by atoms with van der Waals surface area (Å²) < 4.78 is 18.9. The van der Waals surface area contributed by atoms with Crippen molar-refractivity contribution in [3.63, 3.8) is 0 Å². The van der Waals surface area contributed by atoms with Crippen molar-refractivity contribution in [2.24, 2.45) is 0 Å². The number of benzene rings is 2. The fourth-order valence-corrected chi connectivity index (χ4v) is 2.81. The molecule has 0 saturated heterocycles. The van der Waals surface area contributed by atoms with E-state index in [9.17, 15) is 18.8 Å². The summed E-state index contributed by atoms with van der Waals surface area (Å²) in [5.74, 6) is -1.97. The average Bonchev–Trinajstić information content (AvgIpc) is 2.88. The Hall–Kier alpha value is -3.22. The van der Waals surface area contributed by atoms with Gasteiger partial charge in [-0.15, -0.1) is 0 Å². The van der Waals surface area contributed by atoms with E-state index in [1.165, 1.54) is 12.1 Å². The molecule has 0 aliphatic carbocycles. The first-order chi connectivity index (χ1) is 12.5. The molecule has 0 saturated carbocycles. The van der Waals surface area contributed by atoms with Gasteiger partial charge in [0.05, 0.1) is 18.2 Å². The Morgan fingerprint density at radius 2 is 1.92 bits per heavy atom. The summed E-state index contributed by atoms with van der Waals surface area (Å²) in [6.07, 6.45) is 0.569. The van der Waals surface area contributed by atoms with E-state index in [1.54, 1.807) is 7.11 Å². The Kier molecular flexibility index (Phi) is 4.97. The number of hydrogen-bond acceptors (Lipinski definition) is 4. The maximum absolute atomic E-state index is 13.8. The lowest BCUT2D eigenvalue weighted by molar-refractivity contribution is -0.121. The molecule has 134 valence electrons. The van der Waals surface area contributed by atoms with Crippen LogP contribution in [0.3, 0.4) is 0 Å². The highest BCUT2D eigenvalue weighted by Crippen LogP contribution is 2.24. The number of imide groups is 1. The van der Waals surface area contributed by atoms with Gasteiger partial charge in [0.1, 0.15) is 18.1 Å². The SMILES string of the molecule is COc1cccc(CCNC(=O)CN2C(=O)c3cccc(F)c3C2=O)c1. The van der Waals surface area contributed by atoms with Gasteiger partial charge in [0.15, 0.2) is 0 Å². The number of fused-ring (bicyclic) bond motifs is 1. The molecule has 2 aromatic carbocycles. The predicted octanol–water partition coefficient (Wildman–Crippen LogP) is 1.79. The van der Waals surface area contributed by atoms with Crippen molar-refractivity contribution < 1.29 is 23.5 Å². The molecule has 6 nitrogen and oxygen atoms in total. The number of carbonyl (C=O) groups excluding carboxylic acids is 3. The van der Waals surface area contributed by atoms with Crippen LogP contribution >= 0.6 is 0 Å². The fourth-order valence-electron chi connectivity index (χ4n) is 2.81. The molecule has 3 amide bonds. The number of nitrogens with zero attached hydrogens (tertiary/aromatic N) is 1. The Morgan fingerprint density at radius 3 is 2.65 bits per heavy atom. The molecule has 26 heavy (non-hydrogen) atoms. The zero-order valence-corrected chi connectivity index (χ0v) is 14.1. The number of ether oxygens (including phenoxy) is 1. The fraction of sp³-hybridized carbons (Fsp3) is 0.211. The van der Waals surface area contributed by atoms with Crippen LogP contribution in [0, 0.1) is 5.82 Å². The van der Waals surface area contributed by atoms with Crippen molar-refractivity contribution in [1.82, 2.24) is 10.2 Å². The molecular formula is C19H17FN2O4. The number of nitrogens with one attached hydrogen (secondary N) is 1. The molecule has 2 aromatic rings. The van der Waals surface area contributed by atoms with E-state index < -0.39 is 30.1 Å². The van der Waals surface area contributed by atoms with E-state index in [0.29, 0.717) is 13.0 Å². The van der Waals surface area contributed by atoms with Gasteiger partial charge in [-0.3, -0.25) is 19.3 Å². The molecular weight excluding hydrogens is 339 g/mol. The van der Waals surface area contributed by atoms with Gasteiger partial charge in [-0.05, 0) is 36.2 Å². The van der Waals surface area contributed by atoms with E-state index >= 15 is 0 Å². The van der Waals surface area contributed by atoms with Crippen molar-refractivity contribution in [1.29, 1.82) is 0 Å². The molecule has 0 aromatic heterocycles. The molecule has 7 heteroatoms. The van der Waals surface area contributed by atoms with Crippen LogP contribution in [-0.4, -0.2) is 42.8 Å². The molecule has 0 spiro atoms. The Balaban J connectivity index is 1.56. The van der Waals surface area contributed by atoms with Crippen molar-refractivity contribution in [2.45, 2.75) is 6.42 Å². The first-order valence-electron chi connectivity index (χ1n) is 8.05. The minimum atomic E-state index is -0.786. The highest BCUT2D eigenvalue weighted by molar-refractivity contribution is 6.22. The highest BCUT2D eigenvalue weighted by atomic mass is 19.1. The Labute approximate surface area is 149 Å². The summed E-state index contributed by atoms with van der Waals surface area (Å²) in [4.78, 5) is 37.2. The van der Waals surface area contributed by atoms with Gasteiger partial charge in [0.25, 0.3) is 11.8 Å². The quantitative estimate of drug-likeness (QED) is 0.801. The molecule has 0 radical (unpaired) electrons. The Bertz CT molecular complexity index is 882. The summed E-state index contributed by atoms with van der Waals surface area (Å²) in [6, 6.07) is 11.3. The van der Waals surface area contributed by atoms with Gasteiger partial charge in [0.2, 0.25) is 5.91 Å². The molecule has 1 heterocycles. The van der Waals surface area contributed by atoms with Gasteiger partial charge in [0, 0.05) is 6.54 Å². The maximum Gasteiger partial charge on any atom is 0.265 e. The van der Waals surface area contributed by atoms with E-state index in [0.717, 1.165) is 22.3 Å². The van der Waals surface area contributed by atoms with Crippen molar-refractivity contribution in [2.75, 3.05) is 20.2 Å². The lowest BCUT2D eigenvalue weighted by Gasteiger charge is -2.13. The zero-order chi connectivity index (χ0) is 18.7. The number of methoxy groups -OCH3 is 1. The summed E-state index contributed by atoms with van der Waals surface area (Å²) in [5, 5.41) is 2.66. The van der Waals surface area contributed by atoms with E-state index in [4.69, 9.17) is 4.74 Å². The maximum atomic E-state index is 13.8. The van der Waals surface area contributed by atoms with Crippen LogP contribution in [0.2, 0.25) is 0 Å². The molecule has 1 N–H and O–H groups in total. The second-order valence-corrected chi connectivity index (χ2v) is 5.81. The Morgan fingerprint density at radius 1 is 1.15 bits per heavy atom.